The van der Waals surface area contributed by atoms with Gasteiger partial charge in [0.15, 0.2) is 0 Å². The molecule has 48 heavy (non-hydrogen) atoms. The first-order valence-corrected chi connectivity index (χ1v) is 18.0. The molecule has 0 bridgehead atoms. The SMILES string of the molecule is CCOc1ccc(Cc2cc([C@@H]3O[C@H](CC)[C@@H](C)[C@H](OCc4ccccc4)[C@H]3OCc3ccccc3)c(OCCCO)c(Br)c2Cl)cc1. The predicted molar refractivity (Wildman–Crippen MR) is 194 cm³/mol. The number of rotatable bonds is 16. The molecule has 0 radical (unpaired) electrons. The first kappa shape index (κ1) is 36.4. The molecule has 0 amide bonds. The molecule has 1 heterocycles. The summed E-state index contributed by atoms with van der Waals surface area (Å²) in [5.41, 5.74) is 5.02. The van der Waals surface area contributed by atoms with Crippen molar-refractivity contribution in [3.05, 3.63) is 128 Å². The van der Waals surface area contributed by atoms with Crippen LogP contribution >= 0.6 is 27.5 Å². The third-order valence-corrected chi connectivity index (χ3v) is 10.2. The van der Waals surface area contributed by atoms with Gasteiger partial charge >= 0.3 is 0 Å². The van der Waals surface area contributed by atoms with Crippen LogP contribution in [0, 0.1) is 5.92 Å². The Morgan fingerprint density at radius 2 is 1.44 bits per heavy atom. The van der Waals surface area contributed by atoms with Crippen molar-refractivity contribution in [2.45, 2.75) is 77.7 Å². The smallest absolute Gasteiger partial charge is 0.140 e. The largest absolute Gasteiger partial charge is 0.494 e. The Labute approximate surface area is 298 Å². The van der Waals surface area contributed by atoms with Gasteiger partial charge in [-0.05, 0) is 76.1 Å². The van der Waals surface area contributed by atoms with Gasteiger partial charge in [-0.1, -0.05) is 98.2 Å². The van der Waals surface area contributed by atoms with Gasteiger partial charge in [0, 0.05) is 24.5 Å². The second-order valence-corrected chi connectivity index (χ2v) is 13.3. The molecular formula is C40H46BrClO6. The van der Waals surface area contributed by atoms with Crippen molar-refractivity contribution in [3.63, 3.8) is 0 Å². The third-order valence-electron chi connectivity index (χ3n) is 8.77. The second-order valence-electron chi connectivity index (χ2n) is 12.1. The lowest BCUT2D eigenvalue weighted by Crippen LogP contribution is -2.51. The lowest BCUT2D eigenvalue weighted by atomic mass is 9.83. The highest BCUT2D eigenvalue weighted by molar-refractivity contribution is 9.10. The molecule has 6 nitrogen and oxygen atoms in total. The summed E-state index contributed by atoms with van der Waals surface area (Å²) in [4.78, 5) is 0. The Kier molecular flexibility index (Phi) is 13.8. The number of benzene rings is 4. The molecular weight excluding hydrogens is 692 g/mol. The van der Waals surface area contributed by atoms with Crippen molar-refractivity contribution in [1.82, 2.24) is 0 Å². The van der Waals surface area contributed by atoms with Crippen LogP contribution in [0.4, 0.5) is 0 Å². The summed E-state index contributed by atoms with van der Waals surface area (Å²) in [5, 5.41) is 10.1. The van der Waals surface area contributed by atoms with Gasteiger partial charge in [-0.3, -0.25) is 0 Å². The van der Waals surface area contributed by atoms with E-state index in [4.69, 9.17) is 35.3 Å². The zero-order valence-electron chi connectivity index (χ0n) is 27.9. The van der Waals surface area contributed by atoms with E-state index >= 15 is 0 Å². The Bertz CT molecular complexity index is 1550. The van der Waals surface area contributed by atoms with Crippen molar-refractivity contribution in [2.24, 2.45) is 5.92 Å². The average Bonchev–Trinajstić information content (AvgIpc) is 3.11. The zero-order chi connectivity index (χ0) is 33.9. The van der Waals surface area contributed by atoms with Crippen molar-refractivity contribution in [3.8, 4) is 11.5 Å². The first-order chi connectivity index (χ1) is 23.4. The molecule has 0 spiro atoms. The van der Waals surface area contributed by atoms with Crippen LogP contribution in [0.2, 0.25) is 5.02 Å². The number of aliphatic hydroxyl groups excluding tert-OH is 1. The van der Waals surface area contributed by atoms with Crippen LogP contribution in [0.5, 0.6) is 11.5 Å². The molecule has 4 aromatic rings. The molecule has 1 saturated heterocycles. The highest BCUT2D eigenvalue weighted by Crippen LogP contribution is 2.48. The lowest BCUT2D eigenvalue weighted by Gasteiger charge is -2.46. The summed E-state index contributed by atoms with van der Waals surface area (Å²) in [6.45, 7) is 8.11. The van der Waals surface area contributed by atoms with Gasteiger partial charge in [-0.15, -0.1) is 0 Å². The van der Waals surface area contributed by atoms with Gasteiger partial charge < -0.3 is 28.8 Å². The fourth-order valence-electron chi connectivity index (χ4n) is 6.25. The van der Waals surface area contributed by atoms with E-state index in [-0.39, 0.29) is 24.7 Å². The van der Waals surface area contributed by atoms with Crippen molar-refractivity contribution < 1.29 is 28.8 Å². The van der Waals surface area contributed by atoms with Crippen LogP contribution in [-0.4, -0.2) is 43.2 Å². The fourth-order valence-corrected chi connectivity index (χ4v) is 7.06. The Hall–Kier alpha value is -2.91. The number of aliphatic hydroxyl groups is 1. The minimum absolute atomic E-state index is 0.0179. The molecule has 1 N–H and O–H groups in total. The molecule has 0 aliphatic carbocycles. The molecule has 256 valence electrons. The number of hydrogen-bond acceptors (Lipinski definition) is 6. The molecule has 0 saturated carbocycles. The van der Waals surface area contributed by atoms with E-state index in [0.29, 0.717) is 54.5 Å². The van der Waals surface area contributed by atoms with E-state index in [2.05, 4.69) is 72.2 Å². The van der Waals surface area contributed by atoms with Crippen molar-refractivity contribution >= 4 is 27.5 Å². The average molecular weight is 738 g/mol. The summed E-state index contributed by atoms with van der Waals surface area (Å²) in [7, 11) is 0. The molecule has 1 aliphatic heterocycles. The molecule has 5 atom stereocenters. The van der Waals surface area contributed by atoms with Gasteiger partial charge in [0.1, 0.15) is 23.7 Å². The van der Waals surface area contributed by atoms with Crippen LogP contribution < -0.4 is 9.47 Å². The fraction of sp³-hybridized carbons (Fsp3) is 0.400. The molecule has 1 fully saturated rings. The quantitative estimate of drug-likeness (QED) is 0.116. The third kappa shape index (κ3) is 9.20. The molecule has 5 rings (SSSR count). The standard InChI is InChI=1S/C40H46BrClO6/c1-4-34-27(3)37(46-25-29-13-8-6-9-14-29)40(47-26-30-15-10-7-11-16-30)39(48-34)33-24-31(23-28-17-19-32(20-18-28)44-5-2)36(42)35(41)38(33)45-22-12-21-43/h6-11,13-20,24,27,34,37,39-40,43H,4-5,12,21-23,25-26H2,1-3H3/t27-,34-,37+,39+,40-/m1/s1. The second kappa shape index (κ2) is 18.2. The van der Waals surface area contributed by atoms with Crippen molar-refractivity contribution in [1.29, 1.82) is 0 Å². The van der Waals surface area contributed by atoms with Crippen LogP contribution in [0.3, 0.4) is 0 Å². The molecule has 4 aromatic carbocycles. The van der Waals surface area contributed by atoms with E-state index in [1.807, 2.05) is 55.5 Å². The van der Waals surface area contributed by atoms with Gasteiger partial charge in [0.25, 0.3) is 0 Å². The first-order valence-electron chi connectivity index (χ1n) is 16.9. The monoisotopic (exact) mass is 736 g/mol. The summed E-state index contributed by atoms with van der Waals surface area (Å²) in [6, 6.07) is 30.6. The lowest BCUT2D eigenvalue weighted by molar-refractivity contribution is -0.235. The zero-order valence-corrected chi connectivity index (χ0v) is 30.3. The summed E-state index contributed by atoms with van der Waals surface area (Å²) in [6.07, 6.45) is 0.550. The molecule has 0 unspecified atom stereocenters. The van der Waals surface area contributed by atoms with E-state index < -0.39 is 12.2 Å². The van der Waals surface area contributed by atoms with Gasteiger partial charge in [-0.25, -0.2) is 0 Å². The predicted octanol–water partition coefficient (Wildman–Crippen LogP) is 9.51. The Morgan fingerprint density at radius 1 is 0.812 bits per heavy atom. The molecule has 1 aliphatic rings. The highest BCUT2D eigenvalue weighted by atomic mass is 79.9. The van der Waals surface area contributed by atoms with E-state index in [0.717, 1.165) is 40.0 Å². The maximum atomic E-state index is 9.56. The van der Waals surface area contributed by atoms with Gasteiger partial charge in [0.2, 0.25) is 0 Å². The summed E-state index contributed by atoms with van der Waals surface area (Å²) in [5.74, 6) is 1.49. The summed E-state index contributed by atoms with van der Waals surface area (Å²) >= 11 is 10.9. The molecule has 8 heteroatoms. The van der Waals surface area contributed by atoms with E-state index in [9.17, 15) is 5.11 Å². The Balaban J connectivity index is 1.57. The van der Waals surface area contributed by atoms with Crippen LogP contribution in [0.1, 0.15) is 67.5 Å². The highest BCUT2D eigenvalue weighted by Gasteiger charge is 2.46. The van der Waals surface area contributed by atoms with Crippen molar-refractivity contribution in [2.75, 3.05) is 19.8 Å². The van der Waals surface area contributed by atoms with Crippen LogP contribution in [0.25, 0.3) is 0 Å². The maximum Gasteiger partial charge on any atom is 0.140 e. The topological polar surface area (TPSA) is 66.4 Å². The number of hydrogen-bond donors (Lipinski definition) is 1. The number of halogens is 2. The normalized spacial score (nSPS) is 20.8. The van der Waals surface area contributed by atoms with Crippen LogP contribution in [0.15, 0.2) is 95.5 Å². The van der Waals surface area contributed by atoms with E-state index in [1.54, 1.807) is 0 Å². The summed E-state index contributed by atoms with van der Waals surface area (Å²) < 4.78 is 33.3. The van der Waals surface area contributed by atoms with E-state index in [1.165, 1.54) is 0 Å². The van der Waals surface area contributed by atoms with Gasteiger partial charge in [-0.2, -0.15) is 0 Å². The molecule has 0 aromatic heterocycles. The Morgan fingerprint density at radius 3 is 2.02 bits per heavy atom. The minimum atomic E-state index is -0.521. The minimum Gasteiger partial charge on any atom is -0.494 e. The van der Waals surface area contributed by atoms with Gasteiger partial charge in [0.05, 0.1) is 48.1 Å². The number of ether oxygens (including phenoxy) is 5. The van der Waals surface area contributed by atoms with Crippen LogP contribution in [-0.2, 0) is 33.8 Å². The maximum absolute atomic E-state index is 9.56.